The summed E-state index contributed by atoms with van der Waals surface area (Å²) >= 11 is 0. The minimum Gasteiger partial charge on any atom is -0.479 e. The summed E-state index contributed by atoms with van der Waals surface area (Å²) in [4.78, 5) is 20.9. The van der Waals surface area contributed by atoms with E-state index in [1.54, 1.807) is 0 Å². The van der Waals surface area contributed by atoms with Crippen LogP contribution in [-0.4, -0.2) is 29.2 Å². The van der Waals surface area contributed by atoms with Gasteiger partial charge >= 0.3 is 11.9 Å². The number of carboxylic acid groups (broad SMARTS) is 1. The van der Waals surface area contributed by atoms with Gasteiger partial charge in [0.25, 0.3) is 0 Å². The summed E-state index contributed by atoms with van der Waals surface area (Å²) in [7, 11) is 1.30. The van der Waals surface area contributed by atoms with Gasteiger partial charge in [-0.05, 0) is 18.9 Å². The minimum atomic E-state index is -1.09. The van der Waals surface area contributed by atoms with Crippen LogP contribution in [0.4, 0.5) is 5.88 Å². The molecule has 0 aromatic carbocycles. The second-order valence-corrected chi connectivity index (χ2v) is 4.01. The van der Waals surface area contributed by atoms with Crippen molar-refractivity contribution >= 4 is 11.9 Å². The van der Waals surface area contributed by atoms with E-state index < -0.39 is 22.4 Å². The van der Waals surface area contributed by atoms with E-state index in [1.807, 2.05) is 0 Å². The normalized spacial score (nSPS) is 18.6. The zero-order chi connectivity index (χ0) is 12.6. The van der Waals surface area contributed by atoms with Gasteiger partial charge in [-0.1, -0.05) is 0 Å². The molecule has 1 aliphatic rings. The molecule has 0 amide bonds. The Kier molecular flexibility index (Phi) is 2.62. The van der Waals surface area contributed by atoms with E-state index in [1.165, 1.54) is 19.2 Å². The quantitative estimate of drug-likeness (QED) is 0.616. The maximum absolute atomic E-state index is 11.0. The Balaban J connectivity index is 2.31. The van der Waals surface area contributed by atoms with E-state index in [0.29, 0.717) is 18.6 Å². The van der Waals surface area contributed by atoms with Crippen molar-refractivity contribution in [3.05, 3.63) is 28.0 Å². The lowest BCUT2D eigenvalue weighted by Crippen LogP contribution is -2.35. The van der Waals surface area contributed by atoms with Crippen LogP contribution in [0, 0.1) is 10.1 Å². The molecule has 1 unspecified atom stereocenters. The summed E-state index contributed by atoms with van der Waals surface area (Å²) in [6.45, 7) is 0. The molecule has 1 aromatic rings. The van der Waals surface area contributed by atoms with Gasteiger partial charge in [0.1, 0.15) is 10.7 Å². The predicted molar refractivity (Wildman–Crippen MR) is 54.7 cm³/mol. The van der Waals surface area contributed by atoms with Crippen molar-refractivity contribution in [1.29, 1.82) is 0 Å². The number of hydrogen-bond acceptors (Lipinski definition) is 5. The molecule has 2 rings (SSSR count). The van der Waals surface area contributed by atoms with E-state index >= 15 is 0 Å². The second-order valence-electron chi connectivity index (χ2n) is 4.01. The molecule has 1 saturated carbocycles. The van der Waals surface area contributed by atoms with Gasteiger partial charge in [0.15, 0.2) is 6.10 Å². The van der Waals surface area contributed by atoms with Gasteiger partial charge in [-0.3, -0.25) is 10.1 Å². The van der Waals surface area contributed by atoms with Crippen molar-refractivity contribution in [2.75, 3.05) is 7.11 Å². The third-order valence-corrected chi connectivity index (χ3v) is 3.01. The SMILES string of the molecule is COC(C(=O)O)C1(c2ccc([N+](=O)[O-])o2)CC1. The molecule has 7 nitrogen and oxygen atoms in total. The molecular formula is C10H11NO6. The molecule has 0 radical (unpaired) electrons. The van der Waals surface area contributed by atoms with Gasteiger partial charge in [-0.2, -0.15) is 0 Å². The molecule has 1 aliphatic carbocycles. The van der Waals surface area contributed by atoms with Crippen LogP contribution in [0.15, 0.2) is 16.5 Å². The van der Waals surface area contributed by atoms with Crippen molar-refractivity contribution in [3.8, 4) is 0 Å². The van der Waals surface area contributed by atoms with Crippen molar-refractivity contribution in [3.63, 3.8) is 0 Å². The number of ether oxygens (including phenoxy) is 1. The first kappa shape index (κ1) is 11.6. The molecule has 0 bridgehead atoms. The van der Waals surface area contributed by atoms with Crippen molar-refractivity contribution in [1.82, 2.24) is 0 Å². The second kappa shape index (κ2) is 3.85. The predicted octanol–water partition coefficient (Wildman–Crippen LogP) is 1.32. The fraction of sp³-hybridized carbons (Fsp3) is 0.500. The Labute approximate surface area is 96.1 Å². The van der Waals surface area contributed by atoms with E-state index in [4.69, 9.17) is 14.3 Å². The molecule has 17 heavy (non-hydrogen) atoms. The topological polar surface area (TPSA) is 103 Å². The van der Waals surface area contributed by atoms with Gasteiger partial charge in [-0.25, -0.2) is 4.79 Å². The summed E-state index contributed by atoms with van der Waals surface area (Å²) in [6, 6.07) is 2.67. The maximum atomic E-state index is 11.0. The average molecular weight is 241 g/mol. The molecule has 0 aliphatic heterocycles. The highest BCUT2D eigenvalue weighted by Gasteiger charge is 2.57. The summed E-state index contributed by atoms with van der Waals surface area (Å²) in [5.74, 6) is -1.17. The molecule has 1 fully saturated rings. The maximum Gasteiger partial charge on any atom is 0.433 e. The van der Waals surface area contributed by atoms with E-state index in [9.17, 15) is 14.9 Å². The number of rotatable bonds is 5. The molecule has 1 heterocycles. The molecular weight excluding hydrogens is 230 g/mol. The molecule has 0 saturated heterocycles. The fourth-order valence-electron chi connectivity index (χ4n) is 2.03. The number of aliphatic carboxylic acids is 1. The van der Waals surface area contributed by atoms with E-state index in [2.05, 4.69) is 0 Å². The van der Waals surface area contributed by atoms with Crippen LogP contribution in [0.25, 0.3) is 0 Å². The Morgan fingerprint density at radius 2 is 2.29 bits per heavy atom. The van der Waals surface area contributed by atoms with Crippen LogP contribution in [0.2, 0.25) is 0 Å². The standard InChI is InChI=1S/C10H11NO6/c1-16-8(9(12)13)10(4-5-10)6-2-3-7(17-6)11(14)15/h2-3,8H,4-5H2,1H3,(H,12,13). The van der Waals surface area contributed by atoms with Crippen LogP contribution < -0.4 is 0 Å². The number of nitrogens with zero attached hydrogens (tertiary/aromatic N) is 1. The van der Waals surface area contributed by atoms with Gasteiger partial charge in [-0.15, -0.1) is 0 Å². The van der Waals surface area contributed by atoms with Crippen molar-refractivity contribution < 1.29 is 24.0 Å². The number of carbonyl (C=O) groups is 1. The third kappa shape index (κ3) is 1.78. The Hall–Kier alpha value is -1.89. The smallest absolute Gasteiger partial charge is 0.433 e. The number of carboxylic acids is 1. The third-order valence-electron chi connectivity index (χ3n) is 3.01. The zero-order valence-electron chi connectivity index (χ0n) is 9.08. The van der Waals surface area contributed by atoms with Gasteiger partial charge in [0.05, 0.1) is 11.5 Å². The lowest BCUT2D eigenvalue weighted by molar-refractivity contribution is -0.402. The highest BCUT2D eigenvalue weighted by molar-refractivity contribution is 5.75. The number of furan rings is 1. The number of methoxy groups -OCH3 is 1. The molecule has 7 heteroatoms. The lowest BCUT2D eigenvalue weighted by Gasteiger charge is -2.19. The highest BCUT2D eigenvalue weighted by Crippen LogP contribution is 2.53. The Morgan fingerprint density at radius 3 is 2.65 bits per heavy atom. The first-order valence-electron chi connectivity index (χ1n) is 5.01. The van der Waals surface area contributed by atoms with E-state index in [0.717, 1.165) is 0 Å². The number of hydrogen-bond donors (Lipinski definition) is 1. The molecule has 0 spiro atoms. The molecule has 1 aromatic heterocycles. The molecule has 1 atom stereocenters. The van der Waals surface area contributed by atoms with Crippen LogP contribution in [0.1, 0.15) is 18.6 Å². The largest absolute Gasteiger partial charge is 0.479 e. The lowest BCUT2D eigenvalue weighted by atomic mass is 9.96. The highest BCUT2D eigenvalue weighted by atomic mass is 16.6. The van der Waals surface area contributed by atoms with Crippen LogP contribution >= 0.6 is 0 Å². The molecule has 92 valence electrons. The van der Waals surface area contributed by atoms with Crippen LogP contribution in [0.3, 0.4) is 0 Å². The Morgan fingerprint density at radius 1 is 1.65 bits per heavy atom. The fourth-order valence-corrected chi connectivity index (χ4v) is 2.03. The van der Waals surface area contributed by atoms with Gasteiger partial charge in [0.2, 0.25) is 0 Å². The van der Waals surface area contributed by atoms with Crippen LogP contribution in [0.5, 0.6) is 0 Å². The van der Waals surface area contributed by atoms with Crippen molar-refractivity contribution in [2.24, 2.45) is 0 Å². The summed E-state index contributed by atoms with van der Waals surface area (Å²) < 4.78 is 10.00. The summed E-state index contributed by atoms with van der Waals surface area (Å²) in [6.07, 6.45) is 0.138. The summed E-state index contributed by atoms with van der Waals surface area (Å²) in [5, 5.41) is 19.5. The van der Waals surface area contributed by atoms with Gasteiger partial charge < -0.3 is 14.3 Å². The zero-order valence-corrected chi connectivity index (χ0v) is 9.08. The van der Waals surface area contributed by atoms with Crippen LogP contribution in [-0.2, 0) is 14.9 Å². The summed E-state index contributed by atoms with van der Waals surface area (Å²) in [5.41, 5.74) is -0.755. The average Bonchev–Trinajstić information content (AvgIpc) is 2.89. The Bertz CT molecular complexity index is 461. The minimum absolute atomic E-state index is 0.304. The first-order valence-corrected chi connectivity index (χ1v) is 5.01. The molecule has 1 N–H and O–H groups in total. The monoisotopic (exact) mass is 241 g/mol. The van der Waals surface area contributed by atoms with Crippen molar-refractivity contribution in [2.45, 2.75) is 24.4 Å². The van der Waals surface area contributed by atoms with E-state index in [-0.39, 0.29) is 5.88 Å². The first-order chi connectivity index (χ1) is 8.01. The van der Waals surface area contributed by atoms with Gasteiger partial charge in [0, 0.05) is 7.11 Å². The number of nitro groups is 1.